The van der Waals surface area contributed by atoms with Crippen molar-refractivity contribution < 1.29 is 9.90 Å². The van der Waals surface area contributed by atoms with Gasteiger partial charge in [0.1, 0.15) is 5.75 Å². The van der Waals surface area contributed by atoms with Crippen molar-refractivity contribution in [3.8, 4) is 5.75 Å². The number of aromatic nitrogens is 1. The molecule has 186 valence electrons. The van der Waals surface area contributed by atoms with Gasteiger partial charge in [0.15, 0.2) is 0 Å². The molecule has 3 rings (SSSR count). The van der Waals surface area contributed by atoms with Crippen LogP contribution in [0.1, 0.15) is 84.0 Å². The fourth-order valence-corrected chi connectivity index (χ4v) is 7.16. The monoisotopic (exact) mass is 500 g/mol. The SMILES string of the molecule is CC(C)(C)c1cc(S[C@@H]2CCCC[C@H]2SCC(=O)NCc2ccccn2)cc(C(C)(C)C)c1O. The van der Waals surface area contributed by atoms with Crippen LogP contribution in [0.25, 0.3) is 0 Å². The van der Waals surface area contributed by atoms with Crippen LogP contribution >= 0.6 is 23.5 Å². The molecule has 1 fully saturated rings. The molecule has 2 aromatic rings. The van der Waals surface area contributed by atoms with Gasteiger partial charge in [0, 0.05) is 32.7 Å². The lowest BCUT2D eigenvalue weighted by Crippen LogP contribution is -2.29. The highest BCUT2D eigenvalue weighted by Crippen LogP contribution is 2.45. The van der Waals surface area contributed by atoms with E-state index in [-0.39, 0.29) is 16.7 Å². The summed E-state index contributed by atoms with van der Waals surface area (Å²) >= 11 is 3.72. The van der Waals surface area contributed by atoms with E-state index in [1.165, 1.54) is 17.7 Å². The number of nitrogens with one attached hydrogen (secondary N) is 1. The number of phenols is 1. The van der Waals surface area contributed by atoms with E-state index in [1.807, 2.05) is 30.0 Å². The van der Waals surface area contributed by atoms with Crippen molar-refractivity contribution in [3.63, 3.8) is 0 Å². The zero-order valence-electron chi connectivity index (χ0n) is 21.5. The molecule has 1 amide bonds. The Kier molecular flexibility index (Phi) is 9.02. The zero-order valence-corrected chi connectivity index (χ0v) is 23.1. The Balaban J connectivity index is 1.69. The maximum Gasteiger partial charge on any atom is 0.230 e. The van der Waals surface area contributed by atoms with Crippen LogP contribution < -0.4 is 5.32 Å². The first-order valence-electron chi connectivity index (χ1n) is 12.3. The fourth-order valence-electron chi connectivity index (χ4n) is 4.31. The van der Waals surface area contributed by atoms with Crippen LogP contribution in [0.5, 0.6) is 5.75 Å². The first-order valence-corrected chi connectivity index (χ1v) is 14.2. The molecule has 6 heteroatoms. The Morgan fingerprint density at radius 3 is 2.21 bits per heavy atom. The second-order valence-corrected chi connectivity index (χ2v) is 13.8. The molecule has 0 spiro atoms. The van der Waals surface area contributed by atoms with Crippen LogP contribution in [0, 0.1) is 0 Å². The van der Waals surface area contributed by atoms with Gasteiger partial charge < -0.3 is 10.4 Å². The van der Waals surface area contributed by atoms with E-state index in [4.69, 9.17) is 0 Å². The Hall–Kier alpha value is -1.66. The molecule has 0 aliphatic heterocycles. The summed E-state index contributed by atoms with van der Waals surface area (Å²) in [6.07, 6.45) is 6.51. The molecule has 2 atom stereocenters. The summed E-state index contributed by atoms with van der Waals surface area (Å²) in [6, 6.07) is 10.1. The largest absolute Gasteiger partial charge is 0.507 e. The minimum atomic E-state index is -0.132. The van der Waals surface area contributed by atoms with Gasteiger partial charge in [-0.25, -0.2) is 0 Å². The van der Waals surface area contributed by atoms with Gasteiger partial charge >= 0.3 is 0 Å². The van der Waals surface area contributed by atoms with Crippen molar-refractivity contribution in [2.75, 3.05) is 5.75 Å². The predicted molar refractivity (Wildman–Crippen MR) is 146 cm³/mol. The van der Waals surface area contributed by atoms with E-state index in [0.717, 1.165) is 29.7 Å². The normalized spacial score (nSPS) is 19.1. The van der Waals surface area contributed by atoms with Gasteiger partial charge in [0.05, 0.1) is 18.0 Å². The molecule has 1 aromatic heterocycles. The number of phenolic OH excluding ortho intramolecular Hbond substituents is 1. The van der Waals surface area contributed by atoms with Gasteiger partial charge in [-0.3, -0.25) is 9.78 Å². The molecule has 34 heavy (non-hydrogen) atoms. The molecule has 0 unspecified atom stereocenters. The van der Waals surface area contributed by atoms with Crippen LogP contribution in [-0.2, 0) is 22.2 Å². The number of carbonyl (C=O) groups excluding carboxylic acids is 1. The molecular weight excluding hydrogens is 460 g/mol. The molecular formula is C28H40N2O2S2. The van der Waals surface area contributed by atoms with Gasteiger partial charge in [-0.05, 0) is 47.9 Å². The maximum atomic E-state index is 12.5. The Bertz CT molecular complexity index is 930. The average Bonchev–Trinajstić information content (AvgIpc) is 2.77. The molecule has 1 aromatic carbocycles. The summed E-state index contributed by atoms with van der Waals surface area (Å²) in [7, 11) is 0. The minimum Gasteiger partial charge on any atom is -0.507 e. The molecule has 0 saturated heterocycles. The topological polar surface area (TPSA) is 62.2 Å². The number of hydrogen-bond acceptors (Lipinski definition) is 5. The number of amides is 1. The highest BCUT2D eigenvalue weighted by Gasteiger charge is 2.30. The fraction of sp³-hybridized carbons (Fsp3) is 0.571. The van der Waals surface area contributed by atoms with Crippen LogP contribution in [-0.4, -0.2) is 32.3 Å². The lowest BCUT2D eigenvalue weighted by atomic mass is 9.79. The number of aromatic hydroxyl groups is 1. The van der Waals surface area contributed by atoms with Crippen LogP contribution in [0.4, 0.5) is 0 Å². The molecule has 0 bridgehead atoms. The molecule has 4 nitrogen and oxygen atoms in total. The van der Waals surface area contributed by atoms with E-state index in [1.54, 1.807) is 18.0 Å². The third-order valence-corrected chi connectivity index (χ3v) is 9.22. The molecule has 1 aliphatic rings. The second-order valence-electron chi connectivity index (χ2n) is 11.3. The standard InChI is InChI=1S/C28H40N2O2S2/c1-27(2,3)21-15-20(16-22(26(21)32)28(4,5)6)34-24-13-8-7-12-23(24)33-18-25(31)30-17-19-11-9-10-14-29-19/h9-11,14-16,23-24,32H,7-8,12-13,17-18H2,1-6H3,(H,30,31)/t23-,24-/m1/s1. The summed E-state index contributed by atoms with van der Waals surface area (Å²) < 4.78 is 0. The highest BCUT2D eigenvalue weighted by atomic mass is 32.2. The second kappa shape index (κ2) is 11.4. The first kappa shape index (κ1) is 26.9. The Morgan fingerprint density at radius 1 is 1.03 bits per heavy atom. The number of thioether (sulfide) groups is 2. The summed E-state index contributed by atoms with van der Waals surface area (Å²) in [6.45, 7) is 13.4. The highest BCUT2D eigenvalue weighted by molar-refractivity contribution is 8.04. The van der Waals surface area contributed by atoms with E-state index < -0.39 is 0 Å². The number of benzene rings is 1. The van der Waals surface area contributed by atoms with E-state index in [0.29, 0.717) is 28.5 Å². The van der Waals surface area contributed by atoms with Gasteiger partial charge in [-0.2, -0.15) is 0 Å². The number of carbonyl (C=O) groups is 1. The van der Waals surface area contributed by atoms with E-state index >= 15 is 0 Å². The summed E-state index contributed by atoms with van der Waals surface area (Å²) in [5.41, 5.74) is 2.64. The van der Waals surface area contributed by atoms with Gasteiger partial charge in [-0.1, -0.05) is 60.5 Å². The first-order chi connectivity index (χ1) is 15.9. The lowest BCUT2D eigenvalue weighted by Gasteiger charge is -2.32. The Labute approximate surface area is 214 Å². The van der Waals surface area contributed by atoms with Crippen LogP contribution in [0.3, 0.4) is 0 Å². The van der Waals surface area contributed by atoms with E-state index in [9.17, 15) is 9.90 Å². The molecule has 1 aliphatic carbocycles. The van der Waals surface area contributed by atoms with Crippen molar-refractivity contribution in [1.29, 1.82) is 0 Å². The van der Waals surface area contributed by atoms with Gasteiger partial charge in [0.25, 0.3) is 0 Å². The number of rotatable bonds is 7. The van der Waals surface area contributed by atoms with Crippen molar-refractivity contribution >= 4 is 29.4 Å². The third-order valence-electron chi connectivity index (χ3n) is 6.25. The van der Waals surface area contributed by atoms with Gasteiger partial charge in [-0.15, -0.1) is 23.5 Å². The molecule has 0 radical (unpaired) electrons. The Morgan fingerprint density at radius 2 is 1.65 bits per heavy atom. The summed E-state index contributed by atoms with van der Waals surface area (Å²) in [5, 5.41) is 15.0. The number of hydrogen-bond donors (Lipinski definition) is 2. The smallest absolute Gasteiger partial charge is 0.230 e. The van der Waals surface area contributed by atoms with Crippen LogP contribution in [0.2, 0.25) is 0 Å². The minimum absolute atomic E-state index is 0.0691. The van der Waals surface area contributed by atoms with Gasteiger partial charge in [0.2, 0.25) is 5.91 Å². The van der Waals surface area contributed by atoms with Crippen molar-refractivity contribution in [1.82, 2.24) is 10.3 Å². The lowest BCUT2D eigenvalue weighted by molar-refractivity contribution is -0.118. The predicted octanol–water partition coefficient (Wildman–Crippen LogP) is 6.84. The van der Waals surface area contributed by atoms with Crippen LogP contribution in [0.15, 0.2) is 41.4 Å². The summed E-state index contributed by atoms with van der Waals surface area (Å²) in [4.78, 5) is 18.0. The quantitative estimate of drug-likeness (QED) is 0.436. The third kappa shape index (κ3) is 7.42. The zero-order chi connectivity index (χ0) is 24.9. The average molecular weight is 501 g/mol. The molecule has 1 saturated carbocycles. The van der Waals surface area contributed by atoms with Crippen molar-refractivity contribution in [2.45, 2.75) is 100.0 Å². The molecule has 2 N–H and O–H groups in total. The summed E-state index contributed by atoms with van der Waals surface area (Å²) in [5.74, 6) is 0.980. The molecule has 1 heterocycles. The van der Waals surface area contributed by atoms with Crippen molar-refractivity contribution in [3.05, 3.63) is 53.3 Å². The van der Waals surface area contributed by atoms with Crippen molar-refractivity contribution in [2.24, 2.45) is 0 Å². The maximum absolute atomic E-state index is 12.5. The number of pyridine rings is 1. The number of nitrogens with zero attached hydrogens (tertiary/aromatic N) is 1. The van der Waals surface area contributed by atoms with E-state index in [2.05, 4.69) is 64.0 Å².